The quantitative estimate of drug-likeness (QED) is 0.569. The average Bonchev–Trinajstić information content (AvgIpc) is 1.88. The molecule has 0 heterocycles. The molecule has 0 bridgehead atoms. The third kappa shape index (κ3) is 4.14. The van der Waals surface area contributed by atoms with E-state index in [1.165, 1.54) is 4.90 Å². The van der Waals surface area contributed by atoms with Crippen LogP contribution in [0.5, 0.6) is 0 Å². The molecule has 0 rings (SSSR count). The van der Waals surface area contributed by atoms with Gasteiger partial charge in [-0.1, -0.05) is 0 Å². The number of ether oxygens (including phenoxy) is 1. The monoisotopic (exact) mass is 146 g/mol. The lowest BCUT2D eigenvalue weighted by atomic mass is 10.4. The van der Waals surface area contributed by atoms with Crippen LogP contribution in [-0.2, 0) is 4.74 Å². The Bertz CT molecular complexity index is 106. The number of hydrogen-bond acceptors (Lipinski definition) is 2. The summed E-state index contributed by atoms with van der Waals surface area (Å²) in [7, 11) is 3.29. The van der Waals surface area contributed by atoms with Crippen molar-refractivity contribution < 1.29 is 9.53 Å². The zero-order valence-corrected chi connectivity index (χ0v) is 6.46. The molecule has 0 aromatic rings. The van der Waals surface area contributed by atoms with Gasteiger partial charge in [0.1, 0.15) is 0 Å². The van der Waals surface area contributed by atoms with Crippen LogP contribution >= 0.6 is 0 Å². The standard InChI is InChI=1S/C6H14N2O2/c1-8(6(7)9)4-3-5-10-2/h3-5H2,1-2H3,(H2,7,9). The second-order valence-corrected chi connectivity index (χ2v) is 2.11. The van der Waals surface area contributed by atoms with Crippen molar-refractivity contribution in [1.29, 1.82) is 0 Å². The summed E-state index contributed by atoms with van der Waals surface area (Å²) in [5.74, 6) is 0. The highest BCUT2D eigenvalue weighted by molar-refractivity contribution is 5.71. The van der Waals surface area contributed by atoms with Crippen LogP contribution in [0.2, 0.25) is 0 Å². The predicted octanol–water partition coefficient (Wildman–Crippen LogP) is 0.0334. The van der Waals surface area contributed by atoms with Crippen molar-refractivity contribution in [2.45, 2.75) is 6.42 Å². The number of amides is 2. The number of carbonyl (C=O) groups is 1. The zero-order valence-electron chi connectivity index (χ0n) is 6.46. The van der Waals surface area contributed by atoms with E-state index in [0.717, 1.165) is 6.42 Å². The van der Waals surface area contributed by atoms with Crippen LogP contribution in [0.15, 0.2) is 0 Å². The minimum atomic E-state index is -0.392. The van der Waals surface area contributed by atoms with Crippen molar-refractivity contribution >= 4 is 6.03 Å². The normalized spacial score (nSPS) is 9.40. The van der Waals surface area contributed by atoms with Crippen molar-refractivity contribution in [1.82, 2.24) is 4.90 Å². The molecule has 60 valence electrons. The lowest BCUT2D eigenvalue weighted by Crippen LogP contribution is -2.33. The number of carbonyl (C=O) groups excluding carboxylic acids is 1. The van der Waals surface area contributed by atoms with Gasteiger partial charge in [0.25, 0.3) is 0 Å². The molecule has 0 fully saturated rings. The molecular formula is C6H14N2O2. The largest absolute Gasteiger partial charge is 0.385 e. The summed E-state index contributed by atoms with van der Waals surface area (Å²) in [5, 5.41) is 0. The van der Waals surface area contributed by atoms with Gasteiger partial charge in [-0.3, -0.25) is 0 Å². The van der Waals surface area contributed by atoms with Crippen LogP contribution in [0, 0.1) is 0 Å². The first kappa shape index (κ1) is 9.23. The second kappa shape index (κ2) is 5.05. The van der Waals surface area contributed by atoms with Crippen molar-refractivity contribution in [3.63, 3.8) is 0 Å². The second-order valence-electron chi connectivity index (χ2n) is 2.11. The minimum Gasteiger partial charge on any atom is -0.385 e. The molecule has 0 aromatic heterocycles. The maximum atomic E-state index is 10.4. The molecule has 0 aliphatic rings. The van der Waals surface area contributed by atoms with E-state index in [1.807, 2.05) is 0 Å². The molecule has 0 aliphatic carbocycles. The van der Waals surface area contributed by atoms with Crippen LogP contribution in [0.1, 0.15) is 6.42 Å². The number of primary amides is 1. The van der Waals surface area contributed by atoms with Gasteiger partial charge in [-0.25, -0.2) is 4.79 Å². The summed E-state index contributed by atoms with van der Waals surface area (Å²) >= 11 is 0. The van der Waals surface area contributed by atoms with E-state index >= 15 is 0 Å². The third-order valence-electron chi connectivity index (χ3n) is 1.22. The number of urea groups is 1. The van der Waals surface area contributed by atoms with E-state index < -0.39 is 6.03 Å². The van der Waals surface area contributed by atoms with Gasteiger partial charge in [-0.05, 0) is 6.42 Å². The molecule has 0 aromatic carbocycles. The Morgan fingerprint density at radius 1 is 1.70 bits per heavy atom. The molecule has 0 saturated carbocycles. The molecule has 10 heavy (non-hydrogen) atoms. The van der Waals surface area contributed by atoms with Gasteiger partial charge in [0.2, 0.25) is 0 Å². The molecule has 2 amide bonds. The van der Waals surface area contributed by atoms with Crippen LogP contribution in [-0.4, -0.2) is 38.2 Å². The SMILES string of the molecule is COCCCN(C)C(N)=O. The van der Waals surface area contributed by atoms with Gasteiger partial charge < -0.3 is 15.4 Å². The number of hydrogen-bond donors (Lipinski definition) is 1. The fourth-order valence-electron chi connectivity index (χ4n) is 0.556. The summed E-state index contributed by atoms with van der Waals surface area (Å²) in [6, 6.07) is -0.392. The number of rotatable bonds is 4. The fraction of sp³-hybridized carbons (Fsp3) is 0.833. The van der Waals surface area contributed by atoms with Gasteiger partial charge in [0, 0.05) is 27.3 Å². The summed E-state index contributed by atoms with van der Waals surface area (Å²) in [6.07, 6.45) is 0.829. The van der Waals surface area contributed by atoms with Gasteiger partial charge in [-0.15, -0.1) is 0 Å². The Morgan fingerprint density at radius 2 is 2.30 bits per heavy atom. The molecule has 0 unspecified atom stereocenters. The highest BCUT2D eigenvalue weighted by Crippen LogP contribution is 1.86. The van der Waals surface area contributed by atoms with Crippen LogP contribution in [0.25, 0.3) is 0 Å². The predicted molar refractivity (Wildman–Crippen MR) is 38.7 cm³/mol. The Hall–Kier alpha value is -0.770. The van der Waals surface area contributed by atoms with Crippen LogP contribution in [0.3, 0.4) is 0 Å². The fourth-order valence-corrected chi connectivity index (χ4v) is 0.556. The summed E-state index contributed by atoms with van der Waals surface area (Å²) < 4.78 is 4.79. The topological polar surface area (TPSA) is 55.6 Å². The lowest BCUT2D eigenvalue weighted by molar-refractivity contribution is 0.178. The van der Waals surface area contributed by atoms with Crippen molar-refractivity contribution in [2.75, 3.05) is 27.3 Å². The molecule has 2 N–H and O–H groups in total. The Labute approximate surface area is 60.9 Å². The highest BCUT2D eigenvalue weighted by Gasteiger charge is 2.00. The van der Waals surface area contributed by atoms with Gasteiger partial charge in [0.15, 0.2) is 0 Å². The molecule has 0 atom stereocenters. The summed E-state index contributed by atoms with van der Waals surface area (Å²) in [6.45, 7) is 1.32. The molecule has 0 radical (unpaired) electrons. The van der Waals surface area contributed by atoms with Crippen LogP contribution in [0.4, 0.5) is 4.79 Å². The molecular weight excluding hydrogens is 132 g/mol. The van der Waals surface area contributed by atoms with E-state index in [9.17, 15) is 4.79 Å². The molecule has 4 heteroatoms. The average molecular weight is 146 g/mol. The molecule has 0 spiro atoms. The third-order valence-corrected chi connectivity index (χ3v) is 1.22. The van der Waals surface area contributed by atoms with Gasteiger partial charge >= 0.3 is 6.03 Å². The van der Waals surface area contributed by atoms with E-state index in [1.54, 1.807) is 14.2 Å². The van der Waals surface area contributed by atoms with Gasteiger partial charge in [-0.2, -0.15) is 0 Å². The van der Waals surface area contributed by atoms with E-state index in [-0.39, 0.29) is 0 Å². The zero-order chi connectivity index (χ0) is 7.98. The Morgan fingerprint density at radius 3 is 2.70 bits per heavy atom. The van der Waals surface area contributed by atoms with E-state index in [4.69, 9.17) is 10.5 Å². The smallest absolute Gasteiger partial charge is 0.314 e. The van der Waals surface area contributed by atoms with Crippen LogP contribution < -0.4 is 5.73 Å². The lowest BCUT2D eigenvalue weighted by Gasteiger charge is -2.12. The van der Waals surface area contributed by atoms with Crippen molar-refractivity contribution in [3.05, 3.63) is 0 Å². The maximum absolute atomic E-state index is 10.4. The Kier molecular flexibility index (Phi) is 4.66. The molecule has 4 nitrogen and oxygen atoms in total. The van der Waals surface area contributed by atoms with Crippen molar-refractivity contribution in [3.8, 4) is 0 Å². The number of nitrogens with two attached hydrogens (primary N) is 1. The summed E-state index contributed by atoms with van der Waals surface area (Å²) in [5.41, 5.74) is 4.96. The first-order valence-corrected chi connectivity index (χ1v) is 3.18. The van der Waals surface area contributed by atoms with Crippen molar-refractivity contribution in [2.24, 2.45) is 5.73 Å². The number of methoxy groups -OCH3 is 1. The Balaban J connectivity index is 3.21. The summed E-state index contributed by atoms with van der Waals surface area (Å²) in [4.78, 5) is 11.9. The maximum Gasteiger partial charge on any atom is 0.314 e. The van der Waals surface area contributed by atoms with E-state index in [2.05, 4.69) is 0 Å². The van der Waals surface area contributed by atoms with E-state index in [0.29, 0.717) is 13.2 Å². The molecule has 0 saturated heterocycles. The van der Waals surface area contributed by atoms with Gasteiger partial charge in [0.05, 0.1) is 0 Å². The number of nitrogens with zero attached hydrogens (tertiary/aromatic N) is 1. The first-order chi connectivity index (χ1) is 4.68. The first-order valence-electron chi connectivity index (χ1n) is 3.18. The highest BCUT2D eigenvalue weighted by atomic mass is 16.5. The minimum absolute atomic E-state index is 0.392. The molecule has 0 aliphatic heterocycles.